The van der Waals surface area contributed by atoms with E-state index in [1.165, 1.54) is 5.56 Å². The normalized spacial score (nSPS) is 16.7. The maximum absolute atomic E-state index is 5.67. The van der Waals surface area contributed by atoms with Gasteiger partial charge in [0.25, 0.3) is 0 Å². The van der Waals surface area contributed by atoms with Gasteiger partial charge in [0, 0.05) is 33.4 Å². The lowest BCUT2D eigenvalue weighted by Crippen LogP contribution is -2.37. The first-order chi connectivity index (χ1) is 12.8. The first kappa shape index (κ1) is 24.0. The smallest absolute Gasteiger partial charge is 0.191 e. The van der Waals surface area contributed by atoms with E-state index in [2.05, 4.69) is 34.7 Å². The number of guanidine groups is 1. The van der Waals surface area contributed by atoms with Crippen LogP contribution in [0.25, 0.3) is 0 Å². The van der Waals surface area contributed by atoms with Crippen molar-refractivity contribution < 1.29 is 14.2 Å². The third-order valence-electron chi connectivity index (χ3n) is 4.14. The number of rotatable bonds is 11. The van der Waals surface area contributed by atoms with Crippen molar-refractivity contribution in [1.82, 2.24) is 10.6 Å². The Hall–Kier alpha value is -1.06. The van der Waals surface area contributed by atoms with Crippen LogP contribution < -0.4 is 15.4 Å². The molecule has 27 heavy (non-hydrogen) atoms. The largest absolute Gasteiger partial charge is 0.494 e. The molecule has 7 heteroatoms. The minimum absolute atomic E-state index is 0. The van der Waals surface area contributed by atoms with E-state index < -0.39 is 0 Å². The SMILES string of the molecule is CCCOc1cccc(CNC(=NC)NCCCOCC2CCCO2)c1.I. The molecule has 0 amide bonds. The molecule has 1 aromatic rings. The molecule has 1 aromatic carbocycles. The number of nitrogens with zero attached hydrogens (tertiary/aromatic N) is 1. The van der Waals surface area contributed by atoms with Gasteiger partial charge in [-0.15, -0.1) is 24.0 Å². The molecule has 1 unspecified atom stereocenters. The molecule has 0 aromatic heterocycles. The lowest BCUT2D eigenvalue weighted by molar-refractivity contribution is 0.0168. The second-order valence-electron chi connectivity index (χ2n) is 6.41. The number of nitrogens with one attached hydrogen (secondary N) is 2. The van der Waals surface area contributed by atoms with Crippen molar-refractivity contribution >= 4 is 29.9 Å². The number of halogens is 1. The number of hydrogen-bond donors (Lipinski definition) is 2. The Morgan fingerprint density at radius 2 is 2.19 bits per heavy atom. The fraction of sp³-hybridized carbons (Fsp3) is 0.650. The number of hydrogen-bond acceptors (Lipinski definition) is 4. The molecule has 1 aliphatic heterocycles. The van der Waals surface area contributed by atoms with Gasteiger partial charge < -0.3 is 24.8 Å². The highest BCUT2D eigenvalue weighted by atomic mass is 127. The molecule has 1 fully saturated rings. The van der Waals surface area contributed by atoms with Gasteiger partial charge in [-0.25, -0.2) is 0 Å². The third kappa shape index (κ3) is 10.2. The van der Waals surface area contributed by atoms with E-state index in [4.69, 9.17) is 14.2 Å². The van der Waals surface area contributed by atoms with E-state index in [0.717, 1.165) is 63.8 Å². The molecule has 0 spiro atoms. The van der Waals surface area contributed by atoms with Crippen LogP contribution in [0.15, 0.2) is 29.3 Å². The lowest BCUT2D eigenvalue weighted by atomic mass is 10.2. The quantitative estimate of drug-likeness (QED) is 0.215. The molecule has 6 nitrogen and oxygen atoms in total. The summed E-state index contributed by atoms with van der Waals surface area (Å²) in [5, 5.41) is 6.64. The van der Waals surface area contributed by atoms with Crippen molar-refractivity contribution in [3.05, 3.63) is 29.8 Å². The van der Waals surface area contributed by atoms with Gasteiger partial charge in [-0.1, -0.05) is 19.1 Å². The maximum Gasteiger partial charge on any atom is 0.191 e. The fourth-order valence-electron chi connectivity index (χ4n) is 2.74. The lowest BCUT2D eigenvalue weighted by Gasteiger charge is -2.13. The third-order valence-corrected chi connectivity index (χ3v) is 4.14. The van der Waals surface area contributed by atoms with E-state index in [1.54, 1.807) is 7.05 Å². The van der Waals surface area contributed by atoms with Gasteiger partial charge >= 0.3 is 0 Å². The average molecular weight is 491 g/mol. The van der Waals surface area contributed by atoms with Crippen LogP contribution in [0.4, 0.5) is 0 Å². The van der Waals surface area contributed by atoms with Gasteiger partial charge in [-0.05, 0) is 43.4 Å². The minimum Gasteiger partial charge on any atom is -0.494 e. The molecule has 0 aliphatic carbocycles. The van der Waals surface area contributed by atoms with E-state index in [9.17, 15) is 0 Å². The van der Waals surface area contributed by atoms with E-state index >= 15 is 0 Å². The van der Waals surface area contributed by atoms with E-state index in [-0.39, 0.29) is 24.0 Å². The zero-order chi connectivity index (χ0) is 18.5. The van der Waals surface area contributed by atoms with Crippen LogP contribution in [0.1, 0.15) is 38.2 Å². The summed E-state index contributed by atoms with van der Waals surface area (Å²) in [5.74, 6) is 1.71. The number of aliphatic imine (C=N–C) groups is 1. The standard InChI is InChI=1S/C20H33N3O3.HI/c1-3-11-25-18-8-4-7-17(14-18)15-23-20(21-2)22-10-6-12-24-16-19-9-5-13-26-19;/h4,7-8,14,19H,3,5-6,9-13,15-16H2,1-2H3,(H2,21,22,23);1H. The molecular weight excluding hydrogens is 457 g/mol. The molecule has 2 N–H and O–H groups in total. The van der Waals surface area contributed by atoms with Crippen LogP contribution in [0.2, 0.25) is 0 Å². The first-order valence-electron chi connectivity index (χ1n) is 9.67. The Bertz CT molecular complexity index is 537. The van der Waals surface area contributed by atoms with Crippen LogP contribution in [-0.4, -0.2) is 52.1 Å². The van der Waals surface area contributed by atoms with Crippen LogP contribution in [0.5, 0.6) is 5.75 Å². The van der Waals surface area contributed by atoms with Gasteiger partial charge in [0.15, 0.2) is 5.96 Å². The zero-order valence-electron chi connectivity index (χ0n) is 16.5. The second kappa shape index (κ2) is 14.9. The average Bonchev–Trinajstić information content (AvgIpc) is 3.19. The molecule has 1 aliphatic rings. The predicted octanol–water partition coefficient (Wildman–Crippen LogP) is 3.34. The summed E-state index contributed by atoms with van der Waals surface area (Å²) in [5.41, 5.74) is 1.17. The molecule has 0 radical (unpaired) electrons. The Morgan fingerprint density at radius 1 is 1.30 bits per heavy atom. The molecule has 1 saturated heterocycles. The van der Waals surface area contributed by atoms with Crippen molar-refractivity contribution in [2.75, 3.05) is 40.0 Å². The van der Waals surface area contributed by atoms with Gasteiger partial charge in [-0.2, -0.15) is 0 Å². The van der Waals surface area contributed by atoms with E-state index in [1.807, 2.05) is 12.1 Å². The zero-order valence-corrected chi connectivity index (χ0v) is 18.9. The Morgan fingerprint density at radius 3 is 2.93 bits per heavy atom. The highest BCUT2D eigenvalue weighted by Crippen LogP contribution is 2.13. The van der Waals surface area contributed by atoms with Crippen LogP contribution in [0, 0.1) is 0 Å². The van der Waals surface area contributed by atoms with Gasteiger partial charge in [0.2, 0.25) is 0 Å². The van der Waals surface area contributed by atoms with Crippen LogP contribution >= 0.6 is 24.0 Å². The van der Waals surface area contributed by atoms with Gasteiger partial charge in [0.1, 0.15) is 5.75 Å². The number of benzene rings is 1. The summed E-state index contributed by atoms with van der Waals surface area (Å²) in [4.78, 5) is 4.26. The maximum atomic E-state index is 5.67. The van der Waals surface area contributed by atoms with Crippen molar-refractivity contribution in [1.29, 1.82) is 0 Å². The van der Waals surface area contributed by atoms with Gasteiger partial charge in [-0.3, -0.25) is 4.99 Å². The van der Waals surface area contributed by atoms with Crippen molar-refractivity contribution in [3.63, 3.8) is 0 Å². The van der Waals surface area contributed by atoms with Crippen molar-refractivity contribution in [2.45, 2.75) is 45.3 Å². The molecule has 1 atom stereocenters. The summed E-state index contributed by atoms with van der Waals surface area (Å²) in [6, 6.07) is 8.15. The first-order valence-corrected chi connectivity index (χ1v) is 9.67. The van der Waals surface area contributed by atoms with Crippen LogP contribution in [0.3, 0.4) is 0 Å². The molecule has 154 valence electrons. The van der Waals surface area contributed by atoms with Crippen LogP contribution in [-0.2, 0) is 16.0 Å². The topological polar surface area (TPSA) is 64.1 Å². The second-order valence-corrected chi connectivity index (χ2v) is 6.41. The molecule has 0 bridgehead atoms. The Kier molecular flexibility index (Phi) is 13.3. The summed E-state index contributed by atoms with van der Waals surface area (Å²) >= 11 is 0. The fourth-order valence-corrected chi connectivity index (χ4v) is 2.74. The summed E-state index contributed by atoms with van der Waals surface area (Å²) in [6.07, 6.45) is 4.53. The summed E-state index contributed by atoms with van der Waals surface area (Å²) < 4.78 is 16.9. The summed E-state index contributed by atoms with van der Waals surface area (Å²) in [7, 11) is 1.78. The highest BCUT2D eigenvalue weighted by Gasteiger charge is 2.14. The highest BCUT2D eigenvalue weighted by molar-refractivity contribution is 14.0. The Labute approximate surface area is 180 Å². The van der Waals surface area contributed by atoms with Crippen molar-refractivity contribution in [3.8, 4) is 5.75 Å². The molecule has 0 saturated carbocycles. The minimum atomic E-state index is 0. The molecule has 1 heterocycles. The van der Waals surface area contributed by atoms with Gasteiger partial charge in [0.05, 0.1) is 19.3 Å². The summed E-state index contributed by atoms with van der Waals surface area (Å²) in [6.45, 7) is 6.71. The Balaban J connectivity index is 0.00000364. The number of ether oxygens (including phenoxy) is 3. The van der Waals surface area contributed by atoms with E-state index in [0.29, 0.717) is 19.3 Å². The van der Waals surface area contributed by atoms with Crippen molar-refractivity contribution in [2.24, 2.45) is 4.99 Å². The molecule has 2 rings (SSSR count). The molecular formula is C20H34IN3O3. The predicted molar refractivity (Wildman–Crippen MR) is 120 cm³/mol. The monoisotopic (exact) mass is 491 g/mol.